The van der Waals surface area contributed by atoms with Crippen molar-refractivity contribution in [2.24, 2.45) is 0 Å². The topological polar surface area (TPSA) is 97.6 Å². The molecule has 0 aromatic rings. The van der Waals surface area contributed by atoms with Gasteiger partial charge in [-0.25, -0.2) is 0 Å². The summed E-state index contributed by atoms with van der Waals surface area (Å²) in [5.74, 6) is -1.32. The molecule has 3 N–H and O–H groups in total. The van der Waals surface area contributed by atoms with Gasteiger partial charge in [-0.05, 0) is 59.8 Å². The van der Waals surface area contributed by atoms with Crippen LogP contribution >= 0.6 is 0 Å². The first-order chi connectivity index (χ1) is 24.0. The Morgan fingerprint density at radius 1 is 0.480 bits per heavy atom. The highest BCUT2D eigenvalue weighted by molar-refractivity contribution is 5.01. The zero-order valence-electron chi connectivity index (χ0n) is 33.7. The molecule has 0 radical (unpaired) electrons. The SMILES string of the molecule is CCCCCCCCCCCCC=C[C@H]1OC(C)(C)O[C@H]1[C@@H](O)CC.CCCCCCCCCCCCC=C[C@H]1OC(C)(C)O[C@H]1[C@@H](O)CO. The highest BCUT2D eigenvalue weighted by Gasteiger charge is 2.44. The lowest BCUT2D eigenvalue weighted by Crippen LogP contribution is -2.37. The molecule has 296 valence electrons. The van der Waals surface area contributed by atoms with Crippen molar-refractivity contribution < 1.29 is 34.3 Å². The second-order valence-corrected chi connectivity index (χ2v) is 15.7. The van der Waals surface area contributed by atoms with Crippen LogP contribution in [0.25, 0.3) is 0 Å². The van der Waals surface area contributed by atoms with Gasteiger partial charge in [-0.15, -0.1) is 0 Å². The molecule has 2 heterocycles. The van der Waals surface area contributed by atoms with Gasteiger partial charge in [-0.1, -0.05) is 161 Å². The molecule has 6 atom stereocenters. The predicted octanol–water partition coefficient (Wildman–Crippen LogP) is 10.9. The Hall–Kier alpha value is -0.800. The van der Waals surface area contributed by atoms with Gasteiger partial charge >= 0.3 is 0 Å². The van der Waals surface area contributed by atoms with E-state index < -0.39 is 29.9 Å². The van der Waals surface area contributed by atoms with Crippen molar-refractivity contribution in [3.8, 4) is 0 Å². The van der Waals surface area contributed by atoms with Gasteiger partial charge in [0.25, 0.3) is 0 Å². The van der Waals surface area contributed by atoms with Gasteiger partial charge in [-0.3, -0.25) is 0 Å². The van der Waals surface area contributed by atoms with E-state index in [4.69, 9.17) is 24.1 Å². The molecule has 2 aliphatic heterocycles. The number of aliphatic hydroxyl groups is 3. The number of hydrogen-bond donors (Lipinski definition) is 3. The third kappa shape index (κ3) is 22.3. The minimum absolute atomic E-state index is 0.131. The van der Waals surface area contributed by atoms with Crippen molar-refractivity contribution in [1.29, 1.82) is 0 Å². The van der Waals surface area contributed by atoms with Crippen LogP contribution in [0.15, 0.2) is 24.3 Å². The molecule has 2 rings (SSSR count). The Morgan fingerprint density at radius 2 is 0.800 bits per heavy atom. The summed E-state index contributed by atoms with van der Waals surface area (Å²) in [4.78, 5) is 0. The summed E-state index contributed by atoms with van der Waals surface area (Å²) in [7, 11) is 0. The van der Waals surface area contributed by atoms with Crippen LogP contribution in [0.3, 0.4) is 0 Å². The van der Waals surface area contributed by atoms with Crippen LogP contribution in [-0.4, -0.2) is 70.1 Å². The largest absolute Gasteiger partial charge is 0.394 e. The first kappa shape index (κ1) is 47.2. The molecule has 7 nitrogen and oxygen atoms in total. The van der Waals surface area contributed by atoms with Crippen molar-refractivity contribution in [2.45, 2.75) is 244 Å². The van der Waals surface area contributed by atoms with Crippen LogP contribution in [0.1, 0.15) is 196 Å². The van der Waals surface area contributed by atoms with Crippen molar-refractivity contribution in [3.63, 3.8) is 0 Å². The summed E-state index contributed by atoms with van der Waals surface area (Å²) in [5, 5.41) is 29.1. The Bertz CT molecular complexity index is 773. The molecular formula is C43H82O7. The summed E-state index contributed by atoms with van der Waals surface area (Å²) in [6, 6.07) is 0. The zero-order chi connectivity index (χ0) is 37.1. The van der Waals surface area contributed by atoms with Crippen LogP contribution in [0.2, 0.25) is 0 Å². The van der Waals surface area contributed by atoms with E-state index in [0.717, 1.165) is 12.8 Å². The average molecular weight is 711 g/mol. The van der Waals surface area contributed by atoms with Crippen molar-refractivity contribution in [2.75, 3.05) is 6.61 Å². The summed E-state index contributed by atoms with van der Waals surface area (Å²) in [6.45, 7) is 13.7. The fraction of sp³-hybridized carbons (Fsp3) is 0.907. The second kappa shape index (κ2) is 28.7. The summed E-state index contributed by atoms with van der Waals surface area (Å²) >= 11 is 0. The lowest BCUT2D eigenvalue weighted by Gasteiger charge is -2.20. The number of ether oxygens (including phenoxy) is 4. The number of allylic oxidation sites excluding steroid dienone is 2. The van der Waals surface area contributed by atoms with Gasteiger partial charge in [0.2, 0.25) is 0 Å². The lowest BCUT2D eigenvalue weighted by atomic mass is 10.0. The fourth-order valence-corrected chi connectivity index (χ4v) is 6.82. The van der Waals surface area contributed by atoms with E-state index in [1.54, 1.807) is 0 Å². The normalized spacial score (nSPS) is 24.2. The van der Waals surface area contributed by atoms with Crippen LogP contribution in [0.5, 0.6) is 0 Å². The van der Waals surface area contributed by atoms with Gasteiger partial charge in [0.1, 0.15) is 30.5 Å². The molecule has 2 saturated heterocycles. The standard InChI is InChI=1S/C22H42O3.C21H40O4/c1-5-7-8-9-10-11-12-13-14-15-16-17-18-20-21(19(23)6-2)25-22(3,4)24-20;1-4-5-6-7-8-9-10-11-12-13-14-15-16-19-20(18(23)17-22)25-21(2,3)24-19/h17-21,23H,5-16H2,1-4H3;15-16,18-20,22-23H,4-14,17H2,1-3H3/t19-,20+,21-;18-,19+,20-/m00/s1. The first-order valence-electron chi connectivity index (χ1n) is 21.0. The molecule has 7 heteroatoms. The number of rotatable bonds is 28. The third-order valence-electron chi connectivity index (χ3n) is 9.79. The maximum atomic E-state index is 10.1. The van der Waals surface area contributed by atoms with E-state index in [1.165, 1.54) is 128 Å². The molecule has 0 unspecified atom stereocenters. The van der Waals surface area contributed by atoms with Gasteiger partial charge in [0, 0.05) is 0 Å². The zero-order valence-corrected chi connectivity index (χ0v) is 33.7. The average Bonchev–Trinajstić information content (AvgIpc) is 3.58. The van der Waals surface area contributed by atoms with E-state index in [1.807, 2.05) is 40.7 Å². The van der Waals surface area contributed by atoms with E-state index in [9.17, 15) is 10.2 Å². The first-order valence-corrected chi connectivity index (χ1v) is 21.0. The Morgan fingerprint density at radius 3 is 1.12 bits per heavy atom. The second-order valence-electron chi connectivity index (χ2n) is 15.7. The molecule has 0 amide bonds. The molecule has 0 aromatic heterocycles. The fourth-order valence-electron chi connectivity index (χ4n) is 6.82. The highest BCUT2D eigenvalue weighted by Crippen LogP contribution is 2.32. The number of hydrogen-bond acceptors (Lipinski definition) is 7. The molecule has 0 bridgehead atoms. The molecule has 2 aliphatic rings. The summed E-state index contributed by atoms with van der Waals surface area (Å²) in [5.41, 5.74) is 0. The monoisotopic (exact) mass is 711 g/mol. The van der Waals surface area contributed by atoms with Crippen LogP contribution < -0.4 is 0 Å². The van der Waals surface area contributed by atoms with Gasteiger partial charge in [0.05, 0.1) is 12.7 Å². The smallest absolute Gasteiger partial charge is 0.164 e. The van der Waals surface area contributed by atoms with E-state index in [2.05, 4.69) is 32.1 Å². The number of aliphatic hydroxyl groups excluding tert-OH is 3. The molecule has 2 fully saturated rings. The maximum absolute atomic E-state index is 10.1. The van der Waals surface area contributed by atoms with Crippen molar-refractivity contribution >= 4 is 0 Å². The Labute approximate surface area is 309 Å². The van der Waals surface area contributed by atoms with Crippen LogP contribution in [0.4, 0.5) is 0 Å². The molecule has 50 heavy (non-hydrogen) atoms. The van der Waals surface area contributed by atoms with Crippen LogP contribution in [0, 0.1) is 0 Å². The van der Waals surface area contributed by atoms with Crippen LogP contribution in [-0.2, 0) is 18.9 Å². The van der Waals surface area contributed by atoms with Gasteiger partial charge in [-0.2, -0.15) is 0 Å². The third-order valence-corrected chi connectivity index (χ3v) is 9.79. The minimum atomic E-state index is -0.909. The molecule has 0 aliphatic carbocycles. The Balaban J connectivity index is 0.000000500. The molecule has 0 saturated carbocycles. The van der Waals surface area contributed by atoms with E-state index >= 15 is 0 Å². The quantitative estimate of drug-likeness (QED) is 0.0549. The number of unbranched alkanes of at least 4 members (excludes halogenated alkanes) is 20. The van der Waals surface area contributed by atoms with E-state index in [0.29, 0.717) is 6.42 Å². The molecule has 0 aromatic carbocycles. The van der Waals surface area contributed by atoms with E-state index in [-0.39, 0.29) is 24.9 Å². The minimum Gasteiger partial charge on any atom is -0.394 e. The Kier molecular flexibility index (Phi) is 27.1. The summed E-state index contributed by atoms with van der Waals surface area (Å²) in [6.07, 6.45) is 35.8. The maximum Gasteiger partial charge on any atom is 0.164 e. The van der Waals surface area contributed by atoms with Crippen molar-refractivity contribution in [1.82, 2.24) is 0 Å². The van der Waals surface area contributed by atoms with Gasteiger partial charge < -0.3 is 34.3 Å². The lowest BCUT2D eigenvalue weighted by molar-refractivity contribution is -0.155. The molecular weight excluding hydrogens is 628 g/mol. The molecule has 0 spiro atoms. The highest BCUT2D eigenvalue weighted by atomic mass is 16.8. The predicted molar refractivity (Wildman–Crippen MR) is 208 cm³/mol. The van der Waals surface area contributed by atoms with Gasteiger partial charge in [0.15, 0.2) is 11.6 Å². The summed E-state index contributed by atoms with van der Waals surface area (Å²) < 4.78 is 23.3. The van der Waals surface area contributed by atoms with Crippen molar-refractivity contribution in [3.05, 3.63) is 24.3 Å².